The van der Waals surface area contributed by atoms with E-state index < -0.39 is 0 Å². The predicted octanol–water partition coefficient (Wildman–Crippen LogP) is 3.96. The molecule has 0 fully saturated rings. The minimum Gasteiger partial charge on any atom is -0.354 e. The Morgan fingerprint density at radius 3 is 2.39 bits per heavy atom. The second-order valence-corrected chi connectivity index (χ2v) is 6.95. The minimum atomic E-state index is -0.309. The fraction of sp³-hybridized carbons (Fsp3) is 0.286. The lowest BCUT2D eigenvalue weighted by atomic mass is 10.1. The van der Waals surface area contributed by atoms with Crippen LogP contribution in [0.4, 0.5) is 4.39 Å². The third-order valence-corrected chi connectivity index (χ3v) is 4.95. The van der Waals surface area contributed by atoms with Crippen LogP contribution in [0, 0.1) is 26.6 Å². The maximum Gasteiger partial charge on any atom is 0.268 e. The molecule has 1 atom stereocenters. The number of hydrogen-bond donors (Lipinski definition) is 2. The van der Waals surface area contributed by atoms with Crippen molar-refractivity contribution in [3.8, 4) is 5.69 Å². The molecule has 2 aromatic heterocycles. The number of aromatic amines is 1. The summed E-state index contributed by atoms with van der Waals surface area (Å²) in [5, 5.41) is 7.32. The van der Waals surface area contributed by atoms with Crippen molar-refractivity contribution in [2.45, 2.75) is 40.7 Å². The molecule has 0 spiro atoms. The Morgan fingerprint density at radius 1 is 1.18 bits per heavy atom. The molecule has 146 valence electrons. The highest BCUT2D eigenvalue weighted by molar-refractivity contribution is 6.02. The molecule has 0 aliphatic carbocycles. The number of aromatic nitrogens is 3. The Kier molecular flexibility index (Phi) is 5.18. The number of halogens is 1. The summed E-state index contributed by atoms with van der Waals surface area (Å²) in [6.07, 6.45) is 1.69. The summed E-state index contributed by atoms with van der Waals surface area (Å²) < 4.78 is 14.9. The number of rotatable bonds is 5. The standard InChI is InChI=1S/C21H23FN4O2/c1-11-19(15(5)27)13(3)24-20(11)21(28)25-12(2)18-10-23-26(14(18)4)17-8-6-16(22)7-9-17/h6-10,12,24H,1-5H3,(H,25,28). The van der Waals surface area contributed by atoms with Gasteiger partial charge < -0.3 is 10.3 Å². The van der Waals surface area contributed by atoms with Crippen LogP contribution in [0.1, 0.15) is 63.3 Å². The molecule has 3 rings (SSSR count). The van der Waals surface area contributed by atoms with Gasteiger partial charge >= 0.3 is 0 Å². The number of amides is 1. The number of carbonyl (C=O) groups excluding carboxylic acids is 2. The molecule has 1 aromatic carbocycles. The highest BCUT2D eigenvalue weighted by Crippen LogP contribution is 2.22. The lowest BCUT2D eigenvalue weighted by Crippen LogP contribution is -2.28. The zero-order chi connectivity index (χ0) is 20.6. The van der Waals surface area contributed by atoms with Crippen LogP contribution in [0.15, 0.2) is 30.5 Å². The predicted molar refractivity (Wildman–Crippen MR) is 104 cm³/mol. The molecule has 0 saturated carbocycles. The number of Topliss-reactive ketones (excluding diaryl/α,β-unsaturated/α-hetero) is 1. The average molecular weight is 382 g/mol. The van der Waals surface area contributed by atoms with Gasteiger partial charge in [-0.1, -0.05) is 0 Å². The molecule has 0 aliphatic heterocycles. The van der Waals surface area contributed by atoms with E-state index in [0.717, 1.165) is 16.9 Å². The number of nitrogens with zero attached hydrogens (tertiary/aromatic N) is 2. The smallest absolute Gasteiger partial charge is 0.268 e. The van der Waals surface area contributed by atoms with E-state index in [1.807, 2.05) is 13.8 Å². The van der Waals surface area contributed by atoms with Gasteiger partial charge in [-0.25, -0.2) is 9.07 Å². The van der Waals surface area contributed by atoms with Gasteiger partial charge in [0.25, 0.3) is 5.91 Å². The Bertz CT molecular complexity index is 1050. The van der Waals surface area contributed by atoms with Crippen LogP contribution < -0.4 is 5.32 Å². The average Bonchev–Trinajstić information content (AvgIpc) is 3.15. The molecule has 3 aromatic rings. The third kappa shape index (κ3) is 3.47. The normalized spacial score (nSPS) is 12.1. The second kappa shape index (κ2) is 7.42. The molecule has 2 heterocycles. The van der Waals surface area contributed by atoms with Crippen LogP contribution in [0.5, 0.6) is 0 Å². The summed E-state index contributed by atoms with van der Waals surface area (Å²) in [6, 6.07) is 5.76. The molecule has 28 heavy (non-hydrogen) atoms. The van der Waals surface area contributed by atoms with E-state index in [0.29, 0.717) is 22.5 Å². The summed E-state index contributed by atoms with van der Waals surface area (Å²) >= 11 is 0. The van der Waals surface area contributed by atoms with Crippen molar-refractivity contribution in [2.24, 2.45) is 0 Å². The Hall–Kier alpha value is -3.22. The maximum atomic E-state index is 13.2. The van der Waals surface area contributed by atoms with Gasteiger partial charge in [0.15, 0.2) is 5.78 Å². The summed E-state index contributed by atoms with van der Waals surface area (Å²) in [5.74, 6) is -0.666. The molecule has 0 aliphatic rings. The van der Waals surface area contributed by atoms with E-state index in [4.69, 9.17) is 0 Å². The number of nitrogens with one attached hydrogen (secondary N) is 2. The van der Waals surface area contributed by atoms with Crippen molar-refractivity contribution in [1.29, 1.82) is 0 Å². The van der Waals surface area contributed by atoms with Gasteiger partial charge in [-0.15, -0.1) is 0 Å². The van der Waals surface area contributed by atoms with Crippen molar-refractivity contribution in [3.05, 3.63) is 70.1 Å². The van der Waals surface area contributed by atoms with Gasteiger partial charge in [0.2, 0.25) is 0 Å². The first-order valence-electron chi connectivity index (χ1n) is 9.02. The van der Waals surface area contributed by atoms with Crippen LogP contribution in [0.2, 0.25) is 0 Å². The van der Waals surface area contributed by atoms with Crippen molar-refractivity contribution >= 4 is 11.7 Å². The van der Waals surface area contributed by atoms with Gasteiger partial charge in [0.1, 0.15) is 11.5 Å². The van der Waals surface area contributed by atoms with Crippen molar-refractivity contribution < 1.29 is 14.0 Å². The van der Waals surface area contributed by atoms with Crippen LogP contribution in [0.25, 0.3) is 5.69 Å². The molecule has 2 N–H and O–H groups in total. The first-order valence-corrected chi connectivity index (χ1v) is 9.02. The summed E-state index contributed by atoms with van der Waals surface area (Å²) in [5.41, 5.74) is 4.71. The zero-order valence-electron chi connectivity index (χ0n) is 16.6. The fourth-order valence-electron chi connectivity index (χ4n) is 3.54. The largest absolute Gasteiger partial charge is 0.354 e. The van der Waals surface area contributed by atoms with Crippen molar-refractivity contribution in [1.82, 2.24) is 20.1 Å². The molecule has 1 amide bonds. The van der Waals surface area contributed by atoms with Crippen LogP contribution >= 0.6 is 0 Å². The van der Waals surface area contributed by atoms with Crippen LogP contribution in [0.3, 0.4) is 0 Å². The molecule has 0 saturated heterocycles. The lowest BCUT2D eigenvalue weighted by Gasteiger charge is -2.14. The molecular weight excluding hydrogens is 359 g/mol. The van der Waals surface area contributed by atoms with E-state index in [2.05, 4.69) is 15.4 Å². The van der Waals surface area contributed by atoms with Gasteiger partial charge in [-0.2, -0.15) is 5.10 Å². The Labute approximate surface area is 162 Å². The maximum absolute atomic E-state index is 13.2. The van der Waals surface area contributed by atoms with E-state index >= 15 is 0 Å². The van der Waals surface area contributed by atoms with E-state index in [1.54, 1.807) is 36.9 Å². The lowest BCUT2D eigenvalue weighted by molar-refractivity contribution is 0.0934. The van der Waals surface area contributed by atoms with Crippen LogP contribution in [-0.4, -0.2) is 26.5 Å². The number of ketones is 1. The summed E-state index contributed by atoms with van der Waals surface area (Å²) in [6.45, 7) is 8.79. The molecule has 7 heteroatoms. The van der Waals surface area contributed by atoms with E-state index in [1.165, 1.54) is 19.1 Å². The quantitative estimate of drug-likeness (QED) is 0.656. The number of H-pyrrole nitrogens is 1. The number of benzene rings is 1. The third-order valence-electron chi connectivity index (χ3n) is 4.95. The van der Waals surface area contributed by atoms with Crippen molar-refractivity contribution in [3.63, 3.8) is 0 Å². The SMILES string of the molecule is CC(=O)c1c(C)[nH]c(C(=O)NC(C)c2cnn(-c3ccc(F)cc3)c2C)c1C. The van der Waals surface area contributed by atoms with Gasteiger partial charge in [0.05, 0.1) is 17.9 Å². The second-order valence-electron chi connectivity index (χ2n) is 6.95. The number of carbonyl (C=O) groups is 2. The van der Waals surface area contributed by atoms with Gasteiger partial charge in [0, 0.05) is 22.5 Å². The molecule has 6 nitrogen and oxygen atoms in total. The van der Waals surface area contributed by atoms with Gasteiger partial charge in [-0.05, 0) is 64.4 Å². The van der Waals surface area contributed by atoms with E-state index in [9.17, 15) is 14.0 Å². The highest BCUT2D eigenvalue weighted by Gasteiger charge is 2.22. The molecule has 0 bridgehead atoms. The molecular formula is C21H23FN4O2. The zero-order valence-corrected chi connectivity index (χ0v) is 16.6. The fourth-order valence-corrected chi connectivity index (χ4v) is 3.54. The van der Waals surface area contributed by atoms with Crippen molar-refractivity contribution in [2.75, 3.05) is 0 Å². The molecule has 0 radical (unpaired) electrons. The minimum absolute atomic E-state index is 0.0743. The number of aryl methyl sites for hydroxylation is 1. The first kappa shape index (κ1) is 19.5. The Balaban J connectivity index is 1.83. The summed E-state index contributed by atoms with van der Waals surface area (Å²) in [7, 11) is 0. The topological polar surface area (TPSA) is 79.8 Å². The molecule has 1 unspecified atom stereocenters. The monoisotopic (exact) mass is 382 g/mol. The summed E-state index contributed by atoms with van der Waals surface area (Å²) in [4.78, 5) is 27.5. The Morgan fingerprint density at radius 2 is 1.82 bits per heavy atom. The van der Waals surface area contributed by atoms with Crippen LogP contribution in [-0.2, 0) is 0 Å². The van der Waals surface area contributed by atoms with Gasteiger partial charge in [-0.3, -0.25) is 9.59 Å². The number of hydrogen-bond acceptors (Lipinski definition) is 3. The first-order chi connectivity index (χ1) is 13.2. The highest BCUT2D eigenvalue weighted by atomic mass is 19.1. The van der Waals surface area contributed by atoms with E-state index in [-0.39, 0.29) is 23.5 Å².